The van der Waals surface area contributed by atoms with Crippen molar-refractivity contribution in [1.82, 2.24) is 4.98 Å². The molecule has 2 aromatic carbocycles. The normalized spacial score (nSPS) is 10.8. The Labute approximate surface area is 166 Å². The van der Waals surface area contributed by atoms with E-state index in [0.29, 0.717) is 21.7 Å². The van der Waals surface area contributed by atoms with Gasteiger partial charge in [0.15, 0.2) is 0 Å². The highest BCUT2D eigenvalue weighted by Crippen LogP contribution is 2.38. The Kier molecular flexibility index (Phi) is 4.75. The number of hydrogen-bond acceptors (Lipinski definition) is 4. The molecule has 0 saturated heterocycles. The number of nitrogens with one attached hydrogen (secondary N) is 1. The summed E-state index contributed by atoms with van der Waals surface area (Å²) in [7, 11) is 0. The van der Waals surface area contributed by atoms with Crippen LogP contribution in [0.25, 0.3) is 10.2 Å². The van der Waals surface area contributed by atoms with Crippen LogP contribution in [0.15, 0.2) is 66.7 Å². The van der Waals surface area contributed by atoms with Crippen LogP contribution in [0.4, 0.5) is 5.69 Å². The average molecular weight is 386 g/mol. The molecule has 0 fully saturated rings. The highest BCUT2D eigenvalue weighted by molar-refractivity contribution is 7.21. The first kappa shape index (κ1) is 18.1. The summed E-state index contributed by atoms with van der Waals surface area (Å²) < 4.78 is 0. The molecule has 0 aliphatic heterocycles. The summed E-state index contributed by atoms with van der Waals surface area (Å²) in [5, 5.41) is 3.79. The van der Waals surface area contributed by atoms with Gasteiger partial charge in [-0.2, -0.15) is 0 Å². The number of amides is 1. The molecule has 1 amide bonds. The second kappa shape index (κ2) is 7.37. The molecule has 4 aromatic rings. The highest BCUT2D eigenvalue weighted by Gasteiger charge is 2.23. The number of aromatic nitrogens is 1. The van der Waals surface area contributed by atoms with Gasteiger partial charge in [-0.25, -0.2) is 4.98 Å². The van der Waals surface area contributed by atoms with E-state index in [9.17, 15) is 9.59 Å². The SMILES string of the molecule is Cc1cc(C)c2c(NC(=O)c3ccccc3)c(C(=O)c3ccccc3)sc2n1. The van der Waals surface area contributed by atoms with E-state index in [0.717, 1.165) is 21.5 Å². The van der Waals surface area contributed by atoms with Gasteiger partial charge in [0, 0.05) is 22.2 Å². The summed E-state index contributed by atoms with van der Waals surface area (Å²) in [5.41, 5.74) is 3.52. The van der Waals surface area contributed by atoms with Gasteiger partial charge >= 0.3 is 0 Å². The Balaban J connectivity index is 1.87. The molecule has 1 N–H and O–H groups in total. The van der Waals surface area contributed by atoms with E-state index < -0.39 is 0 Å². The first-order valence-corrected chi connectivity index (χ1v) is 9.73. The predicted octanol–water partition coefficient (Wildman–Crippen LogP) is 5.40. The molecule has 2 aromatic heterocycles. The van der Waals surface area contributed by atoms with Crippen LogP contribution in [0.2, 0.25) is 0 Å². The molecule has 0 atom stereocenters. The number of thiophene rings is 1. The molecule has 28 heavy (non-hydrogen) atoms. The zero-order valence-electron chi connectivity index (χ0n) is 15.5. The number of carbonyl (C=O) groups is 2. The largest absolute Gasteiger partial charge is 0.320 e. The topological polar surface area (TPSA) is 59.1 Å². The lowest BCUT2D eigenvalue weighted by Crippen LogP contribution is -2.14. The number of carbonyl (C=O) groups excluding carboxylic acids is 2. The quantitative estimate of drug-likeness (QED) is 0.478. The van der Waals surface area contributed by atoms with E-state index in [1.54, 1.807) is 24.3 Å². The van der Waals surface area contributed by atoms with Gasteiger partial charge in [0.1, 0.15) is 9.71 Å². The van der Waals surface area contributed by atoms with E-state index >= 15 is 0 Å². The maximum Gasteiger partial charge on any atom is 0.255 e. The number of anilines is 1. The number of aryl methyl sites for hydroxylation is 2. The number of pyridine rings is 1. The second-order valence-corrected chi connectivity index (χ2v) is 7.58. The smallest absolute Gasteiger partial charge is 0.255 e. The maximum absolute atomic E-state index is 13.2. The Morgan fingerprint density at radius 1 is 0.893 bits per heavy atom. The van der Waals surface area contributed by atoms with Crippen molar-refractivity contribution in [3.05, 3.63) is 94.0 Å². The minimum absolute atomic E-state index is 0.121. The fourth-order valence-corrected chi connectivity index (χ4v) is 4.43. The van der Waals surface area contributed by atoms with Gasteiger partial charge in [0.25, 0.3) is 5.91 Å². The summed E-state index contributed by atoms with van der Waals surface area (Å²) in [6, 6.07) is 20.0. The van der Waals surface area contributed by atoms with Gasteiger partial charge in [-0.05, 0) is 37.6 Å². The summed E-state index contributed by atoms with van der Waals surface area (Å²) in [6.45, 7) is 3.89. The molecule has 0 unspecified atom stereocenters. The maximum atomic E-state index is 13.2. The van der Waals surface area contributed by atoms with Gasteiger partial charge in [0.2, 0.25) is 5.78 Å². The van der Waals surface area contributed by atoms with E-state index in [-0.39, 0.29) is 11.7 Å². The molecular formula is C23H18N2O2S. The summed E-state index contributed by atoms with van der Waals surface area (Å²) in [4.78, 5) is 31.8. The molecular weight excluding hydrogens is 368 g/mol. The fourth-order valence-electron chi connectivity index (χ4n) is 3.22. The van der Waals surface area contributed by atoms with Crippen molar-refractivity contribution in [2.24, 2.45) is 0 Å². The molecule has 0 aliphatic carbocycles. The monoisotopic (exact) mass is 386 g/mol. The fraction of sp³-hybridized carbons (Fsp3) is 0.0870. The molecule has 0 saturated carbocycles. The van der Waals surface area contributed by atoms with Crippen LogP contribution < -0.4 is 5.32 Å². The number of fused-ring (bicyclic) bond motifs is 1. The Hall–Kier alpha value is -3.31. The van der Waals surface area contributed by atoms with Crippen LogP contribution >= 0.6 is 11.3 Å². The van der Waals surface area contributed by atoms with E-state index in [1.165, 1.54) is 11.3 Å². The van der Waals surface area contributed by atoms with Gasteiger partial charge in [-0.1, -0.05) is 48.5 Å². The van der Waals surface area contributed by atoms with Crippen molar-refractivity contribution in [3.8, 4) is 0 Å². The molecule has 0 bridgehead atoms. The standard InChI is InChI=1S/C23H18N2O2S/c1-14-13-15(2)24-23-18(14)19(25-22(27)17-11-7-4-8-12-17)21(28-23)20(26)16-9-5-3-6-10-16/h3-13H,1-2H3,(H,25,27). The van der Waals surface area contributed by atoms with Crippen molar-refractivity contribution in [2.45, 2.75) is 13.8 Å². The van der Waals surface area contributed by atoms with Crippen LogP contribution in [0.3, 0.4) is 0 Å². The molecule has 4 rings (SSSR count). The van der Waals surface area contributed by atoms with Crippen molar-refractivity contribution in [1.29, 1.82) is 0 Å². The minimum Gasteiger partial charge on any atom is -0.320 e. The first-order valence-electron chi connectivity index (χ1n) is 8.91. The lowest BCUT2D eigenvalue weighted by molar-refractivity contribution is 0.102. The number of benzene rings is 2. The predicted molar refractivity (Wildman–Crippen MR) is 113 cm³/mol. The average Bonchev–Trinajstić information content (AvgIpc) is 3.07. The zero-order valence-corrected chi connectivity index (χ0v) is 16.3. The van der Waals surface area contributed by atoms with Crippen molar-refractivity contribution < 1.29 is 9.59 Å². The molecule has 4 nitrogen and oxygen atoms in total. The van der Waals surface area contributed by atoms with E-state index in [4.69, 9.17) is 0 Å². The zero-order chi connectivity index (χ0) is 19.7. The third-order valence-corrected chi connectivity index (χ3v) is 5.59. The molecule has 0 radical (unpaired) electrons. The molecule has 0 spiro atoms. The summed E-state index contributed by atoms with van der Waals surface area (Å²) in [5.74, 6) is -0.369. The van der Waals surface area contributed by atoms with Crippen LogP contribution in [0.5, 0.6) is 0 Å². The number of hydrogen-bond donors (Lipinski definition) is 1. The third kappa shape index (κ3) is 3.32. The van der Waals surface area contributed by atoms with Crippen molar-refractivity contribution in [2.75, 3.05) is 5.32 Å². The lowest BCUT2D eigenvalue weighted by Gasteiger charge is -2.09. The van der Waals surface area contributed by atoms with E-state index in [1.807, 2.05) is 56.3 Å². The van der Waals surface area contributed by atoms with Crippen LogP contribution in [-0.4, -0.2) is 16.7 Å². The highest BCUT2D eigenvalue weighted by atomic mass is 32.1. The van der Waals surface area contributed by atoms with Crippen LogP contribution in [0, 0.1) is 13.8 Å². The molecule has 0 aliphatic rings. The first-order chi connectivity index (χ1) is 13.5. The van der Waals surface area contributed by atoms with Crippen molar-refractivity contribution >= 4 is 38.9 Å². The number of rotatable bonds is 4. The third-order valence-electron chi connectivity index (χ3n) is 4.50. The lowest BCUT2D eigenvalue weighted by atomic mass is 10.1. The van der Waals surface area contributed by atoms with E-state index in [2.05, 4.69) is 10.3 Å². The molecule has 5 heteroatoms. The van der Waals surface area contributed by atoms with Gasteiger partial charge in [-0.3, -0.25) is 9.59 Å². The second-order valence-electron chi connectivity index (χ2n) is 6.58. The number of ketones is 1. The Morgan fingerprint density at radius 2 is 1.50 bits per heavy atom. The number of nitrogens with zero attached hydrogens (tertiary/aromatic N) is 1. The van der Waals surface area contributed by atoms with Crippen LogP contribution in [0.1, 0.15) is 36.9 Å². The van der Waals surface area contributed by atoms with Gasteiger partial charge < -0.3 is 5.32 Å². The van der Waals surface area contributed by atoms with Crippen molar-refractivity contribution in [3.63, 3.8) is 0 Å². The Morgan fingerprint density at radius 3 is 2.14 bits per heavy atom. The van der Waals surface area contributed by atoms with Gasteiger partial charge in [0.05, 0.1) is 5.69 Å². The summed E-state index contributed by atoms with van der Waals surface area (Å²) in [6.07, 6.45) is 0. The van der Waals surface area contributed by atoms with Crippen LogP contribution in [-0.2, 0) is 0 Å². The Bertz CT molecular complexity index is 1180. The van der Waals surface area contributed by atoms with Gasteiger partial charge in [-0.15, -0.1) is 11.3 Å². The minimum atomic E-state index is -0.248. The molecule has 2 heterocycles. The molecule has 138 valence electrons. The summed E-state index contributed by atoms with van der Waals surface area (Å²) >= 11 is 1.32.